The van der Waals surface area contributed by atoms with Gasteiger partial charge in [-0.1, -0.05) is 12.1 Å². The summed E-state index contributed by atoms with van der Waals surface area (Å²) in [5.41, 5.74) is 0. The molecule has 15 heavy (non-hydrogen) atoms. The molecule has 1 unspecified atom stereocenters. The first-order valence-corrected chi connectivity index (χ1v) is 6.09. The molecule has 1 atom stereocenters. The summed E-state index contributed by atoms with van der Waals surface area (Å²) in [6.45, 7) is 3.15. The van der Waals surface area contributed by atoms with Gasteiger partial charge in [0.05, 0.1) is 10.6 Å². The third-order valence-corrected chi connectivity index (χ3v) is 2.86. The smallest absolute Gasteiger partial charge is 0.133 e. The first-order chi connectivity index (χ1) is 7.24. The number of benzene rings is 1. The summed E-state index contributed by atoms with van der Waals surface area (Å²) < 4.78 is 6.84. The van der Waals surface area contributed by atoms with Gasteiger partial charge in [0.2, 0.25) is 0 Å². The molecule has 0 amide bonds. The second-order valence-corrected chi connectivity index (χ2v) is 4.46. The summed E-state index contributed by atoms with van der Waals surface area (Å²) >= 11 is 3.47. The van der Waals surface area contributed by atoms with Crippen molar-refractivity contribution >= 4 is 15.9 Å². The van der Waals surface area contributed by atoms with Gasteiger partial charge in [-0.25, -0.2) is 0 Å². The molecule has 1 aromatic carbocycles. The third-order valence-electron chi connectivity index (χ3n) is 2.20. The van der Waals surface area contributed by atoms with Crippen LogP contribution in [-0.4, -0.2) is 19.7 Å². The lowest BCUT2D eigenvalue weighted by atomic mass is 10.2. The van der Waals surface area contributed by atoms with Crippen LogP contribution in [0, 0.1) is 0 Å². The second-order valence-electron chi connectivity index (χ2n) is 3.60. The van der Waals surface area contributed by atoms with Crippen LogP contribution >= 0.6 is 15.9 Å². The lowest BCUT2D eigenvalue weighted by Crippen LogP contribution is -2.15. The topological polar surface area (TPSA) is 21.3 Å². The van der Waals surface area contributed by atoms with Crippen molar-refractivity contribution in [2.45, 2.75) is 25.9 Å². The van der Waals surface area contributed by atoms with Crippen LogP contribution in [0.15, 0.2) is 28.7 Å². The molecule has 0 spiro atoms. The van der Waals surface area contributed by atoms with E-state index in [1.54, 1.807) is 0 Å². The number of para-hydroxylation sites is 1. The zero-order chi connectivity index (χ0) is 11.1. The van der Waals surface area contributed by atoms with Crippen LogP contribution < -0.4 is 10.1 Å². The van der Waals surface area contributed by atoms with Gasteiger partial charge < -0.3 is 10.1 Å². The fourth-order valence-corrected chi connectivity index (χ4v) is 1.76. The van der Waals surface area contributed by atoms with E-state index in [0.717, 1.165) is 29.6 Å². The fraction of sp³-hybridized carbons (Fsp3) is 0.500. The molecule has 0 radical (unpaired) electrons. The number of hydrogen-bond donors (Lipinski definition) is 1. The maximum Gasteiger partial charge on any atom is 0.133 e. The van der Waals surface area contributed by atoms with Gasteiger partial charge in [-0.3, -0.25) is 0 Å². The van der Waals surface area contributed by atoms with Crippen LogP contribution in [0.2, 0.25) is 0 Å². The summed E-state index contributed by atoms with van der Waals surface area (Å²) in [7, 11) is 1.97. The van der Waals surface area contributed by atoms with E-state index in [4.69, 9.17) is 4.74 Å². The van der Waals surface area contributed by atoms with E-state index in [-0.39, 0.29) is 6.10 Å². The van der Waals surface area contributed by atoms with Gasteiger partial charge in [-0.2, -0.15) is 0 Å². The SMILES string of the molecule is CNCCCC(C)Oc1ccccc1Br. The maximum absolute atomic E-state index is 5.82. The van der Waals surface area contributed by atoms with Crippen LogP contribution in [0.4, 0.5) is 0 Å². The minimum atomic E-state index is 0.261. The van der Waals surface area contributed by atoms with Crippen LogP contribution in [0.5, 0.6) is 5.75 Å². The van der Waals surface area contributed by atoms with Crippen molar-refractivity contribution in [2.75, 3.05) is 13.6 Å². The standard InChI is InChI=1S/C12H18BrNO/c1-10(6-5-9-14-2)15-12-8-4-3-7-11(12)13/h3-4,7-8,10,14H,5-6,9H2,1-2H3. The predicted octanol–water partition coefficient (Wildman–Crippen LogP) is 3.22. The monoisotopic (exact) mass is 271 g/mol. The van der Waals surface area contributed by atoms with E-state index in [1.807, 2.05) is 31.3 Å². The number of rotatable bonds is 6. The van der Waals surface area contributed by atoms with Crippen LogP contribution in [-0.2, 0) is 0 Å². The summed E-state index contributed by atoms with van der Waals surface area (Å²) in [6.07, 6.45) is 2.47. The molecule has 0 aromatic heterocycles. The zero-order valence-corrected chi connectivity index (χ0v) is 10.9. The highest BCUT2D eigenvalue weighted by Crippen LogP contribution is 2.25. The highest BCUT2D eigenvalue weighted by atomic mass is 79.9. The predicted molar refractivity (Wildman–Crippen MR) is 67.4 cm³/mol. The number of ether oxygens (including phenoxy) is 1. The Labute approximate surface area is 100 Å². The van der Waals surface area contributed by atoms with E-state index in [9.17, 15) is 0 Å². The van der Waals surface area contributed by atoms with Crippen LogP contribution in [0.25, 0.3) is 0 Å². The summed E-state index contributed by atoms with van der Waals surface area (Å²) in [4.78, 5) is 0. The van der Waals surface area contributed by atoms with Crippen molar-refractivity contribution in [1.29, 1.82) is 0 Å². The lowest BCUT2D eigenvalue weighted by molar-refractivity contribution is 0.206. The molecule has 0 aliphatic carbocycles. The Kier molecular flexibility index (Phi) is 5.73. The third kappa shape index (κ3) is 4.67. The van der Waals surface area contributed by atoms with E-state index in [2.05, 4.69) is 28.2 Å². The van der Waals surface area contributed by atoms with Gasteiger partial charge in [0.25, 0.3) is 0 Å². The van der Waals surface area contributed by atoms with Crippen LogP contribution in [0.3, 0.4) is 0 Å². The van der Waals surface area contributed by atoms with E-state index in [0.29, 0.717) is 0 Å². The Morgan fingerprint density at radius 2 is 2.13 bits per heavy atom. The maximum atomic E-state index is 5.82. The average molecular weight is 272 g/mol. The molecule has 1 rings (SSSR count). The second kappa shape index (κ2) is 6.85. The largest absolute Gasteiger partial charge is 0.490 e. The Bertz CT molecular complexity index is 291. The van der Waals surface area contributed by atoms with Gasteiger partial charge in [0.1, 0.15) is 5.75 Å². The molecule has 1 N–H and O–H groups in total. The van der Waals surface area contributed by atoms with Crippen LogP contribution in [0.1, 0.15) is 19.8 Å². The highest BCUT2D eigenvalue weighted by molar-refractivity contribution is 9.10. The minimum Gasteiger partial charge on any atom is -0.490 e. The molecule has 84 valence electrons. The van der Waals surface area contributed by atoms with Gasteiger partial charge in [0, 0.05) is 0 Å². The van der Waals surface area contributed by atoms with E-state index in [1.165, 1.54) is 0 Å². The molecule has 0 aliphatic rings. The normalized spacial score (nSPS) is 12.5. The van der Waals surface area contributed by atoms with Gasteiger partial charge in [-0.05, 0) is 61.4 Å². The van der Waals surface area contributed by atoms with Gasteiger partial charge in [-0.15, -0.1) is 0 Å². The van der Waals surface area contributed by atoms with E-state index < -0.39 is 0 Å². The molecular weight excluding hydrogens is 254 g/mol. The summed E-state index contributed by atoms with van der Waals surface area (Å²) in [5.74, 6) is 0.925. The number of halogens is 1. The van der Waals surface area contributed by atoms with Crippen molar-refractivity contribution in [1.82, 2.24) is 5.32 Å². The minimum absolute atomic E-state index is 0.261. The number of nitrogens with one attached hydrogen (secondary N) is 1. The lowest BCUT2D eigenvalue weighted by Gasteiger charge is -2.15. The Hall–Kier alpha value is -0.540. The fourth-order valence-electron chi connectivity index (χ4n) is 1.38. The summed E-state index contributed by atoms with van der Waals surface area (Å²) in [5, 5.41) is 3.13. The molecule has 2 nitrogen and oxygen atoms in total. The average Bonchev–Trinajstić information content (AvgIpc) is 2.22. The van der Waals surface area contributed by atoms with Crippen molar-refractivity contribution in [3.05, 3.63) is 28.7 Å². The van der Waals surface area contributed by atoms with Crippen molar-refractivity contribution in [2.24, 2.45) is 0 Å². The first kappa shape index (κ1) is 12.5. The Morgan fingerprint density at radius 1 is 1.40 bits per heavy atom. The van der Waals surface area contributed by atoms with Crippen molar-refractivity contribution in [3.63, 3.8) is 0 Å². The molecule has 3 heteroatoms. The molecule has 0 heterocycles. The molecule has 0 fully saturated rings. The summed E-state index contributed by atoms with van der Waals surface area (Å²) in [6, 6.07) is 7.96. The molecule has 1 aromatic rings. The number of hydrogen-bond acceptors (Lipinski definition) is 2. The quantitative estimate of drug-likeness (QED) is 0.803. The molecule has 0 bridgehead atoms. The molecule has 0 aliphatic heterocycles. The Balaban J connectivity index is 2.37. The molecule has 0 saturated carbocycles. The van der Waals surface area contributed by atoms with Crippen molar-refractivity contribution < 1.29 is 4.74 Å². The van der Waals surface area contributed by atoms with E-state index >= 15 is 0 Å². The zero-order valence-electron chi connectivity index (χ0n) is 9.29. The first-order valence-electron chi connectivity index (χ1n) is 5.30. The van der Waals surface area contributed by atoms with Gasteiger partial charge >= 0.3 is 0 Å². The van der Waals surface area contributed by atoms with Gasteiger partial charge in [0.15, 0.2) is 0 Å². The highest BCUT2D eigenvalue weighted by Gasteiger charge is 2.05. The molecule has 0 saturated heterocycles. The van der Waals surface area contributed by atoms with Crippen molar-refractivity contribution in [3.8, 4) is 5.75 Å². The molecular formula is C12H18BrNO. The Morgan fingerprint density at radius 3 is 2.80 bits per heavy atom.